The van der Waals surface area contributed by atoms with Crippen LogP contribution in [0.4, 0.5) is 0 Å². The van der Waals surface area contributed by atoms with Crippen LogP contribution in [0.5, 0.6) is 0 Å². The van der Waals surface area contributed by atoms with E-state index >= 15 is 0 Å². The third kappa shape index (κ3) is 4.14. The van der Waals surface area contributed by atoms with E-state index in [4.69, 9.17) is 0 Å². The van der Waals surface area contributed by atoms with E-state index in [2.05, 4.69) is 10.3 Å². The quantitative estimate of drug-likeness (QED) is 0.848. The number of nitrogens with zero attached hydrogens (tertiary/aromatic N) is 2. The Morgan fingerprint density at radius 3 is 2.76 bits per heavy atom. The largest absolute Gasteiger partial charge is 0.351 e. The number of carbonyl (C=O) groups excluding carboxylic acids is 1. The Morgan fingerprint density at radius 1 is 1.33 bits per heavy atom. The van der Waals surface area contributed by atoms with Gasteiger partial charge in [0.25, 0.3) is 5.56 Å². The van der Waals surface area contributed by atoms with Crippen LogP contribution in [0.25, 0.3) is 11.3 Å². The van der Waals surface area contributed by atoms with Crippen molar-refractivity contribution in [2.24, 2.45) is 0 Å². The van der Waals surface area contributed by atoms with Crippen molar-refractivity contribution in [1.29, 1.82) is 0 Å². The summed E-state index contributed by atoms with van der Waals surface area (Å²) in [5.41, 5.74) is 1.42. The van der Waals surface area contributed by atoms with Crippen molar-refractivity contribution in [3.8, 4) is 11.3 Å². The predicted molar refractivity (Wildman–Crippen MR) is 81.8 cm³/mol. The molecule has 108 valence electrons. The zero-order chi connectivity index (χ0) is 15.1. The van der Waals surface area contributed by atoms with Crippen LogP contribution in [0.2, 0.25) is 0 Å². The summed E-state index contributed by atoms with van der Waals surface area (Å²) < 4.78 is 1.47. The number of nitrogens with one attached hydrogen (secondary N) is 1. The lowest BCUT2D eigenvalue weighted by Gasteiger charge is -2.07. The number of benzene rings is 1. The lowest BCUT2D eigenvalue weighted by Crippen LogP contribution is -2.29. The van der Waals surface area contributed by atoms with Gasteiger partial charge in [-0.1, -0.05) is 36.4 Å². The average molecular weight is 283 g/mol. The third-order valence-corrected chi connectivity index (χ3v) is 2.92. The molecule has 0 aliphatic heterocycles. The third-order valence-electron chi connectivity index (χ3n) is 2.92. The molecule has 5 heteroatoms. The Morgan fingerprint density at radius 2 is 2.10 bits per heavy atom. The van der Waals surface area contributed by atoms with Gasteiger partial charge in [0.05, 0.1) is 12.0 Å². The monoisotopic (exact) mass is 283 g/mol. The van der Waals surface area contributed by atoms with Crippen LogP contribution in [0, 0.1) is 0 Å². The fourth-order valence-electron chi connectivity index (χ4n) is 1.87. The Hall–Kier alpha value is -2.69. The molecule has 5 nitrogen and oxygen atoms in total. The lowest BCUT2D eigenvalue weighted by molar-refractivity contribution is -0.116. The lowest BCUT2D eigenvalue weighted by atomic mass is 10.1. The van der Waals surface area contributed by atoms with Crippen molar-refractivity contribution >= 4 is 5.91 Å². The van der Waals surface area contributed by atoms with Crippen molar-refractivity contribution in [3.05, 3.63) is 65.2 Å². The van der Waals surface area contributed by atoms with Crippen LogP contribution in [-0.4, -0.2) is 22.0 Å². The summed E-state index contributed by atoms with van der Waals surface area (Å²) >= 11 is 0. The molecule has 0 bridgehead atoms. The van der Waals surface area contributed by atoms with Crippen molar-refractivity contribution in [2.75, 3.05) is 6.54 Å². The second kappa shape index (κ2) is 7.19. The average Bonchev–Trinajstić information content (AvgIpc) is 2.50. The van der Waals surface area contributed by atoms with E-state index in [1.807, 2.05) is 30.3 Å². The smallest absolute Gasteiger partial charge is 0.253 e. The molecule has 2 rings (SSSR count). The van der Waals surface area contributed by atoms with E-state index in [1.54, 1.807) is 13.0 Å². The number of rotatable bonds is 5. The summed E-state index contributed by atoms with van der Waals surface area (Å²) in [6, 6.07) is 11.0. The number of carbonyl (C=O) groups is 1. The zero-order valence-electron chi connectivity index (χ0n) is 11.8. The molecule has 0 radical (unpaired) electrons. The molecule has 1 aromatic carbocycles. The fraction of sp³-hybridized carbons (Fsp3) is 0.188. The highest BCUT2D eigenvalue weighted by Gasteiger charge is 2.02. The van der Waals surface area contributed by atoms with E-state index in [-0.39, 0.29) is 11.5 Å². The fourth-order valence-corrected chi connectivity index (χ4v) is 1.87. The summed E-state index contributed by atoms with van der Waals surface area (Å²) in [5, 5.41) is 2.69. The van der Waals surface area contributed by atoms with Gasteiger partial charge in [0.15, 0.2) is 0 Å². The van der Waals surface area contributed by atoms with Gasteiger partial charge >= 0.3 is 0 Å². The van der Waals surface area contributed by atoms with Crippen LogP contribution in [0.15, 0.2) is 59.7 Å². The first-order valence-electron chi connectivity index (χ1n) is 6.73. The molecule has 0 saturated heterocycles. The van der Waals surface area contributed by atoms with Gasteiger partial charge in [0, 0.05) is 24.7 Å². The summed E-state index contributed by atoms with van der Waals surface area (Å²) in [6.07, 6.45) is 4.61. The van der Waals surface area contributed by atoms with Gasteiger partial charge < -0.3 is 5.32 Å². The minimum Gasteiger partial charge on any atom is -0.351 e. The molecule has 0 unspecified atom stereocenters. The Bertz CT molecular complexity index is 690. The Labute approximate surface area is 123 Å². The highest BCUT2D eigenvalue weighted by atomic mass is 16.1. The number of amides is 1. The van der Waals surface area contributed by atoms with Crippen LogP contribution < -0.4 is 10.9 Å². The second-order valence-corrected chi connectivity index (χ2v) is 4.46. The molecule has 0 saturated carbocycles. The molecule has 0 fully saturated rings. The van der Waals surface area contributed by atoms with Gasteiger partial charge in [-0.05, 0) is 13.0 Å². The van der Waals surface area contributed by atoms with Crippen molar-refractivity contribution in [1.82, 2.24) is 14.9 Å². The molecule has 0 atom stereocenters. The normalized spacial score (nSPS) is 10.7. The first kappa shape index (κ1) is 14.7. The van der Waals surface area contributed by atoms with Crippen molar-refractivity contribution in [2.45, 2.75) is 13.5 Å². The molecule has 0 aliphatic rings. The highest BCUT2D eigenvalue weighted by molar-refractivity contribution is 5.87. The summed E-state index contributed by atoms with van der Waals surface area (Å²) in [6.45, 7) is 2.55. The minimum atomic E-state index is -0.167. The van der Waals surface area contributed by atoms with Crippen molar-refractivity contribution < 1.29 is 4.79 Å². The Kier molecular flexibility index (Phi) is 5.04. The molecule has 1 amide bonds. The molecular weight excluding hydrogens is 266 g/mol. The highest BCUT2D eigenvalue weighted by Crippen LogP contribution is 2.13. The summed E-state index contributed by atoms with van der Waals surface area (Å²) in [5.74, 6) is -0.167. The molecule has 0 aliphatic carbocycles. The van der Waals surface area contributed by atoms with Gasteiger partial charge in [-0.25, -0.2) is 4.98 Å². The van der Waals surface area contributed by atoms with Crippen LogP contribution >= 0.6 is 0 Å². The van der Waals surface area contributed by atoms with E-state index in [0.717, 1.165) is 5.56 Å². The molecular formula is C16H17N3O2. The number of hydrogen-bond donors (Lipinski definition) is 1. The van der Waals surface area contributed by atoms with Crippen molar-refractivity contribution in [3.63, 3.8) is 0 Å². The maximum Gasteiger partial charge on any atom is 0.253 e. The molecule has 21 heavy (non-hydrogen) atoms. The SMILES string of the molecule is C/C=C/C(=O)NCCn1cnc(-c2ccccc2)cc1=O. The molecule has 2 aromatic rings. The number of allylic oxidation sites excluding steroid dienone is 1. The van der Waals surface area contributed by atoms with E-state index in [1.165, 1.54) is 23.0 Å². The van der Waals surface area contributed by atoms with E-state index in [9.17, 15) is 9.59 Å². The number of hydrogen-bond acceptors (Lipinski definition) is 3. The first-order valence-corrected chi connectivity index (χ1v) is 6.73. The summed E-state index contributed by atoms with van der Waals surface area (Å²) in [4.78, 5) is 27.5. The standard InChI is InChI=1S/C16H17N3O2/c1-2-6-15(20)17-9-10-19-12-18-14(11-16(19)21)13-7-4-3-5-8-13/h2-8,11-12H,9-10H2,1H3,(H,17,20)/b6-2+. The van der Waals surface area contributed by atoms with Gasteiger partial charge in [-0.3, -0.25) is 14.2 Å². The van der Waals surface area contributed by atoms with Crippen LogP contribution in [-0.2, 0) is 11.3 Å². The van der Waals surface area contributed by atoms with Gasteiger partial charge in [0.2, 0.25) is 5.91 Å². The van der Waals surface area contributed by atoms with Crippen LogP contribution in [0.1, 0.15) is 6.92 Å². The predicted octanol–water partition coefficient (Wildman–Crippen LogP) is 1.60. The number of aromatic nitrogens is 2. The molecule has 1 N–H and O–H groups in total. The maximum absolute atomic E-state index is 12.0. The maximum atomic E-state index is 12.0. The van der Waals surface area contributed by atoms with Gasteiger partial charge in [-0.15, -0.1) is 0 Å². The molecule has 1 heterocycles. The Balaban J connectivity index is 2.03. The zero-order valence-corrected chi connectivity index (χ0v) is 11.8. The molecule has 1 aromatic heterocycles. The minimum absolute atomic E-state index is 0.135. The van der Waals surface area contributed by atoms with Crippen LogP contribution in [0.3, 0.4) is 0 Å². The van der Waals surface area contributed by atoms with Gasteiger partial charge in [-0.2, -0.15) is 0 Å². The topological polar surface area (TPSA) is 64.0 Å². The van der Waals surface area contributed by atoms with E-state index in [0.29, 0.717) is 18.8 Å². The van der Waals surface area contributed by atoms with E-state index < -0.39 is 0 Å². The first-order chi connectivity index (χ1) is 10.2. The summed E-state index contributed by atoms with van der Waals surface area (Å²) in [7, 11) is 0. The van der Waals surface area contributed by atoms with Gasteiger partial charge in [0.1, 0.15) is 0 Å². The molecule has 0 spiro atoms. The second-order valence-electron chi connectivity index (χ2n) is 4.46.